The van der Waals surface area contributed by atoms with Crippen LogP contribution in [0.4, 0.5) is 0 Å². The first kappa shape index (κ1) is 19.1. The molecule has 31 heavy (non-hydrogen) atoms. The smallest absolute Gasteiger partial charge is 0.327 e. The molecule has 0 saturated heterocycles. The van der Waals surface area contributed by atoms with Crippen LogP contribution in [0.1, 0.15) is 15.9 Å². The first-order valence-electron chi connectivity index (χ1n) is 9.21. The van der Waals surface area contributed by atoms with Crippen molar-refractivity contribution in [2.75, 3.05) is 14.2 Å². The Morgan fingerprint density at radius 3 is 2.39 bits per heavy atom. The molecule has 0 atom stereocenters. The summed E-state index contributed by atoms with van der Waals surface area (Å²) in [5.41, 5.74) is 1.19. The Labute approximate surface area is 179 Å². The number of aromatic nitrogens is 3. The third kappa shape index (κ3) is 2.69. The molecule has 4 aromatic rings. The monoisotopic (exact) mass is 435 g/mol. The third-order valence-corrected chi connectivity index (χ3v) is 5.54. The number of methoxy groups -OCH3 is 2. The van der Waals surface area contributed by atoms with Gasteiger partial charge in [0, 0.05) is 16.7 Å². The molecule has 8 nitrogen and oxygen atoms in total. The van der Waals surface area contributed by atoms with Crippen molar-refractivity contribution in [2.24, 2.45) is 0 Å². The number of halogens is 1. The first-order chi connectivity index (χ1) is 14.9. The fourth-order valence-corrected chi connectivity index (χ4v) is 4.28. The molecule has 0 amide bonds. The SMILES string of the molecule is COc1cc(-c2c3c(nc4[nH]c(=O)[nH]c(=O)c24)-c2ccccc2C3=O)cc(Cl)c1OC. The molecule has 1 aliphatic carbocycles. The van der Waals surface area contributed by atoms with Gasteiger partial charge in [-0.05, 0) is 17.7 Å². The minimum absolute atomic E-state index is 0.0675. The summed E-state index contributed by atoms with van der Waals surface area (Å²) in [5.74, 6) is 0.374. The summed E-state index contributed by atoms with van der Waals surface area (Å²) in [7, 11) is 2.91. The molecule has 5 rings (SSSR count). The Hall–Kier alpha value is -3.91. The number of carbonyl (C=O) groups is 1. The quantitative estimate of drug-likeness (QED) is 0.450. The lowest BCUT2D eigenvalue weighted by atomic mass is 9.94. The minimum Gasteiger partial charge on any atom is -0.493 e. The summed E-state index contributed by atoms with van der Waals surface area (Å²) in [5, 5.41) is 0.308. The molecule has 9 heteroatoms. The van der Waals surface area contributed by atoms with Gasteiger partial charge in [0.2, 0.25) is 0 Å². The molecule has 0 fully saturated rings. The van der Waals surface area contributed by atoms with Crippen molar-refractivity contribution >= 4 is 28.4 Å². The van der Waals surface area contributed by atoms with Crippen LogP contribution in [-0.4, -0.2) is 35.0 Å². The summed E-state index contributed by atoms with van der Waals surface area (Å²) >= 11 is 6.41. The summed E-state index contributed by atoms with van der Waals surface area (Å²) in [6.07, 6.45) is 0. The van der Waals surface area contributed by atoms with Gasteiger partial charge in [-0.3, -0.25) is 19.6 Å². The predicted molar refractivity (Wildman–Crippen MR) is 115 cm³/mol. The Kier molecular flexibility index (Phi) is 4.19. The van der Waals surface area contributed by atoms with Crippen molar-refractivity contribution in [3.8, 4) is 33.9 Å². The number of ketones is 1. The normalized spacial score (nSPS) is 12.0. The van der Waals surface area contributed by atoms with Crippen LogP contribution < -0.4 is 20.7 Å². The maximum absolute atomic E-state index is 13.4. The summed E-state index contributed by atoms with van der Waals surface area (Å²) in [4.78, 5) is 47.3. The molecule has 2 aromatic heterocycles. The number of hydrogen-bond donors (Lipinski definition) is 2. The van der Waals surface area contributed by atoms with E-state index in [1.165, 1.54) is 14.2 Å². The van der Waals surface area contributed by atoms with Gasteiger partial charge in [-0.15, -0.1) is 0 Å². The summed E-state index contributed by atoms with van der Waals surface area (Å²) < 4.78 is 10.7. The van der Waals surface area contributed by atoms with Crippen LogP contribution in [0.15, 0.2) is 46.0 Å². The highest BCUT2D eigenvalue weighted by atomic mass is 35.5. The van der Waals surface area contributed by atoms with Gasteiger partial charge in [0.25, 0.3) is 5.56 Å². The molecule has 0 unspecified atom stereocenters. The first-order valence-corrected chi connectivity index (χ1v) is 9.58. The Morgan fingerprint density at radius 2 is 1.68 bits per heavy atom. The van der Waals surface area contributed by atoms with E-state index in [2.05, 4.69) is 15.0 Å². The van der Waals surface area contributed by atoms with Crippen molar-refractivity contribution in [3.63, 3.8) is 0 Å². The third-order valence-electron chi connectivity index (χ3n) is 5.26. The number of rotatable bonds is 3. The van der Waals surface area contributed by atoms with Crippen LogP contribution in [0.25, 0.3) is 33.4 Å². The number of fused-ring (bicyclic) bond motifs is 4. The minimum atomic E-state index is -0.696. The molecule has 2 N–H and O–H groups in total. The highest BCUT2D eigenvalue weighted by molar-refractivity contribution is 6.33. The van der Waals surface area contributed by atoms with E-state index in [9.17, 15) is 14.4 Å². The predicted octanol–water partition coefficient (Wildman–Crippen LogP) is 3.16. The second kappa shape index (κ2) is 6.82. The lowest BCUT2D eigenvalue weighted by Crippen LogP contribution is -2.23. The van der Waals surface area contributed by atoms with Gasteiger partial charge in [0.15, 0.2) is 17.3 Å². The zero-order valence-corrected chi connectivity index (χ0v) is 17.1. The molecule has 0 aliphatic heterocycles. The average Bonchev–Trinajstić information content (AvgIpc) is 3.03. The van der Waals surface area contributed by atoms with Crippen LogP contribution >= 0.6 is 11.6 Å². The van der Waals surface area contributed by atoms with Gasteiger partial charge < -0.3 is 9.47 Å². The van der Waals surface area contributed by atoms with E-state index >= 15 is 0 Å². The van der Waals surface area contributed by atoms with E-state index in [0.717, 1.165) is 0 Å². The topological polar surface area (TPSA) is 114 Å². The lowest BCUT2D eigenvalue weighted by Gasteiger charge is -2.15. The van der Waals surface area contributed by atoms with Crippen molar-refractivity contribution in [2.45, 2.75) is 0 Å². The number of carbonyl (C=O) groups excluding carboxylic acids is 1. The van der Waals surface area contributed by atoms with Gasteiger partial charge >= 0.3 is 5.69 Å². The Morgan fingerprint density at radius 1 is 0.935 bits per heavy atom. The van der Waals surface area contributed by atoms with E-state index in [-0.39, 0.29) is 27.4 Å². The number of pyridine rings is 1. The van der Waals surface area contributed by atoms with Crippen LogP contribution in [0.5, 0.6) is 11.5 Å². The van der Waals surface area contributed by atoms with E-state index in [4.69, 9.17) is 21.1 Å². The zero-order valence-electron chi connectivity index (χ0n) is 16.3. The van der Waals surface area contributed by atoms with Crippen LogP contribution in [0, 0.1) is 0 Å². The number of nitrogens with zero attached hydrogens (tertiary/aromatic N) is 1. The second-order valence-electron chi connectivity index (χ2n) is 6.91. The van der Waals surface area contributed by atoms with Crippen molar-refractivity contribution in [3.05, 3.63) is 73.4 Å². The fourth-order valence-electron chi connectivity index (χ4n) is 3.99. The van der Waals surface area contributed by atoms with E-state index in [0.29, 0.717) is 39.4 Å². The van der Waals surface area contributed by atoms with E-state index < -0.39 is 11.2 Å². The fraction of sp³-hybridized carbons (Fsp3) is 0.0909. The number of ether oxygens (including phenoxy) is 2. The second-order valence-corrected chi connectivity index (χ2v) is 7.32. The van der Waals surface area contributed by atoms with E-state index in [1.807, 2.05) is 0 Å². The highest BCUT2D eigenvalue weighted by Gasteiger charge is 2.33. The molecular formula is C22H14ClN3O5. The van der Waals surface area contributed by atoms with E-state index in [1.54, 1.807) is 36.4 Å². The van der Waals surface area contributed by atoms with Gasteiger partial charge in [0.05, 0.1) is 35.9 Å². The van der Waals surface area contributed by atoms with Gasteiger partial charge in [0.1, 0.15) is 5.65 Å². The van der Waals surface area contributed by atoms with Gasteiger partial charge in [-0.25, -0.2) is 9.78 Å². The molecule has 0 saturated carbocycles. The molecule has 2 heterocycles. The molecule has 2 aromatic carbocycles. The molecule has 0 spiro atoms. The van der Waals surface area contributed by atoms with Crippen LogP contribution in [0.3, 0.4) is 0 Å². The average molecular weight is 436 g/mol. The van der Waals surface area contributed by atoms with Crippen LogP contribution in [0.2, 0.25) is 5.02 Å². The standard InChI is InChI=1S/C22H14ClN3O5/c1-30-13-8-9(7-12(23)19(13)31-2)14-15-17(10-5-3-4-6-11(10)18(15)27)24-20-16(14)21(28)26-22(29)25-20/h3-8H,1-2H3,(H2,24,25,26,28,29). The maximum Gasteiger partial charge on any atom is 0.327 e. The Balaban J connectivity index is 1.99. The largest absolute Gasteiger partial charge is 0.493 e. The van der Waals surface area contributed by atoms with Gasteiger partial charge in [-0.1, -0.05) is 35.9 Å². The summed E-state index contributed by atoms with van der Waals surface area (Å²) in [6, 6.07) is 10.2. The van der Waals surface area contributed by atoms with Crippen molar-refractivity contribution in [1.82, 2.24) is 15.0 Å². The molecular weight excluding hydrogens is 422 g/mol. The number of nitrogens with one attached hydrogen (secondary N) is 2. The van der Waals surface area contributed by atoms with Crippen molar-refractivity contribution in [1.29, 1.82) is 0 Å². The number of H-pyrrole nitrogens is 2. The maximum atomic E-state index is 13.4. The van der Waals surface area contributed by atoms with Gasteiger partial charge in [-0.2, -0.15) is 0 Å². The number of hydrogen-bond acceptors (Lipinski definition) is 6. The van der Waals surface area contributed by atoms with Crippen LogP contribution in [-0.2, 0) is 0 Å². The highest BCUT2D eigenvalue weighted by Crippen LogP contribution is 2.45. The zero-order chi connectivity index (χ0) is 21.9. The molecule has 0 bridgehead atoms. The molecule has 1 aliphatic rings. The van der Waals surface area contributed by atoms with Crippen molar-refractivity contribution < 1.29 is 14.3 Å². The lowest BCUT2D eigenvalue weighted by molar-refractivity contribution is 0.104. The molecule has 0 radical (unpaired) electrons. The number of aromatic amines is 2. The Bertz CT molecular complexity index is 1540. The summed E-state index contributed by atoms with van der Waals surface area (Å²) in [6.45, 7) is 0. The molecule has 154 valence electrons. The number of benzene rings is 2.